The molecule has 5 rings (SSSR count). The molecule has 0 heterocycles. The molecule has 4 aliphatic rings. The summed E-state index contributed by atoms with van der Waals surface area (Å²) in [6.45, 7) is 5.75. The van der Waals surface area contributed by atoms with E-state index in [0.29, 0.717) is 15.5 Å². The Labute approximate surface area is 156 Å². The van der Waals surface area contributed by atoms with Crippen molar-refractivity contribution in [1.29, 1.82) is 0 Å². The van der Waals surface area contributed by atoms with Crippen LogP contribution in [0.1, 0.15) is 56.6 Å². The molecule has 0 amide bonds. The van der Waals surface area contributed by atoms with Crippen molar-refractivity contribution < 1.29 is 8.42 Å². The number of aryl methyl sites for hydroxylation is 2. The average molecular weight is 382 g/mol. The zero-order valence-electron chi connectivity index (χ0n) is 15.3. The Morgan fingerprint density at radius 1 is 1.04 bits per heavy atom. The fourth-order valence-corrected chi connectivity index (χ4v) is 8.05. The molecule has 0 spiro atoms. The van der Waals surface area contributed by atoms with Crippen LogP contribution in [-0.4, -0.2) is 14.5 Å². The van der Waals surface area contributed by atoms with Gasteiger partial charge in [0.05, 0.1) is 4.90 Å². The van der Waals surface area contributed by atoms with Crippen LogP contribution in [0.15, 0.2) is 17.0 Å². The van der Waals surface area contributed by atoms with Crippen LogP contribution >= 0.6 is 11.6 Å². The van der Waals surface area contributed by atoms with Crippen molar-refractivity contribution in [3.8, 4) is 0 Å². The number of sulfonamides is 1. The summed E-state index contributed by atoms with van der Waals surface area (Å²) in [5.41, 5.74) is 1.67. The van der Waals surface area contributed by atoms with Crippen LogP contribution in [0, 0.1) is 37.0 Å². The monoisotopic (exact) mass is 381 g/mol. The van der Waals surface area contributed by atoms with Crippen molar-refractivity contribution in [2.45, 2.75) is 70.2 Å². The molecule has 0 radical (unpaired) electrons. The Bertz CT molecular complexity index is 767. The van der Waals surface area contributed by atoms with Crippen LogP contribution in [0.2, 0.25) is 5.02 Å². The van der Waals surface area contributed by atoms with E-state index < -0.39 is 10.0 Å². The van der Waals surface area contributed by atoms with Gasteiger partial charge < -0.3 is 0 Å². The van der Waals surface area contributed by atoms with Crippen LogP contribution in [0.5, 0.6) is 0 Å². The van der Waals surface area contributed by atoms with Crippen LogP contribution in [0.25, 0.3) is 0 Å². The van der Waals surface area contributed by atoms with Crippen molar-refractivity contribution in [3.63, 3.8) is 0 Å². The second-order valence-electron chi connectivity index (χ2n) is 8.99. The minimum Gasteiger partial charge on any atom is -0.208 e. The van der Waals surface area contributed by atoms with Crippen LogP contribution < -0.4 is 4.72 Å². The molecule has 5 heteroatoms. The van der Waals surface area contributed by atoms with Gasteiger partial charge in [0, 0.05) is 11.1 Å². The standard InChI is InChI=1S/C20H28ClNO2S/c1-12-5-19(13(2)4-18(12)21)25(23,24)22-14(3)20-9-15-6-16(10-20)8-17(7-15)11-20/h4-5,14-17,22H,6-11H2,1-3H3. The molecular formula is C20H28ClNO2S. The molecule has 4 aliphatic carbocycles. The highest BCUT2D eigenvalue weighted by atomic mass is 35.5. The van der Waals surface area contributed by atoms with Crippen molar-refractivity contribution in [2.24, 2.45) is 23.2 Å². The highest BCUT2D eigenvalue weighted by Crippen LogP contribution is 2.61. The first-order chi connectivity index (χ1) is 11.7. The molecule has 4 bridgehead atoms. The van der Waals surface area contributed by atoms with Gasteiger partial charge in [0.2, 0.25) is 10.0 Å². The molecule has 0 aromatic heterocycles. The minimum absolute atomic E-state index is 0.0127. The summed E-state index contributed by atoms with van der Waals surface area (Å²) in [6, 6.07) is 3.44. The number of benzene rings is 1. The minimum atomic E-state index is -3.53. The molecule has 138 valence electrons. The predicted octanol–water partition coefficient (Wildman–Crippen LogP) is 4.84. The summed E-state index contributed by atoms with van der Waals surface area (Å²) >= 11 is 6.14. The number of hydrogen-bond donors (Lipinski definition) is 1. The van der Waals surface area contributed by atoms with Gasteiger partial charge in [-0.05, 0) is 106 Å². The quantitative estimate of drug-likeness (QED) is 0.811. The second-order valence-corrected chi connectivity index (χ2v) is 11.1. The Morgan fingerprint density at radius 2 is 1.56 bits per heavy atom. The maximum Gasteiger partial charge on any atom is 0.241 e. The van der Waals surface area contributed by atoms with Gasteiger partial charge in [0.25, 0.3) is 0 Å². The highest BCUT2D eigenvalue weighted by molar-refractivity contribution is 7.89. The van der Waals surface area contributed by atoms with E-state index in [9.17, 15) is 8.42 Å². The Balaban J connectivity index is 1.60. The first kappa shape index (κ1) is 17.8. The number of hydrogen-bond acceptors (Lipinski definition) is 2. The fraction of sp³-hybridized carbons (Fsp3) is 0.700. The van der Waals surface area contributed by atoms with E-state index in [1.165, 1.54) is 38.5 Å². The first-order valence-corrected chi connectivity index (χ1v) is 11.3. The molecule has 3 nitrogen and oxygen atoms in total. The predicted molar refractivity (Wildman–Crippen MR) is 101 cm³/mol. The third-order valence-corrected chi connectivity index (χ3v) is 9.17. The Hall–Kier alpha value is -0.580. The van der Waals surface area contributed by atoms with Crippen molar-refractivity contribution in [2.75, 3.05) is 0 Å². The number of rotatable bonds is 4. The molecule has 25 heavy (non-hydrogen) atoms. The van der Waals surface area contributed by atoms with Gasteiger partial charge in [-0.25, -0.2) is 13.1 Å². The van der Waals surface area contributed by atoms with Gasteiger partial charge in [-0.3, -0.25) is 0 Å². The molecule has 0 aliphatic heterocycles. The van der Waals surface area contributed by atoms with Crippen molar-refractivity contribution in [1.82, 2.24) is 4.72 Å². The molecule has 1 unspecified atom stereocenters. The lowest BCUT2D eigenvalue weighted by atomic mass is 9.48. The topological polar surface area (TPSA) is 46.2 Å². The molecule has 4 fully saturated rings. The summed E-state index contributed by atoms with van der Waals surface area (Å²) in [6.07, 6.45) is 7.70. The van der Waals surface area contributed by atoms with Gasteiger partial charge in [0.1, 0.15) is 0 Å². The maximum atomic E-state index is 13.1. The number of nitrogens with one attached hydrogen (secondary N) is 1. The molecule has 4 saturated carbocycles. The van der Waals surface area contributed by atoms with Gasteiger partial charge in [-0.1, -0.05) is 11.6 Å². The van der Waals surface area contributed by atoms with Gasteiger partial charge in [0.15, 0.2) is 0 Å². The van der Waals surface area contributed by atoms with Crippen LogP contribution in [0.4, 0.5) is 0 Å². The van der Waals surface area contributed by atoms with E-state index in [1.54, 1.807) is 12.1 Å². The van der Waals surface area contributed by atoms with Crippen molar-refractivity contribution >= 4 is 21.6 Å². The number of halogens is 1. The van der Waals surface area contributed by atoms with Gasteiger partial charge >= 0.3 is 0 Å². The lowest BCUT2D eigenvalue weighted by Crippen LogP contribution is -2.55. The largest absolute Gasteiger partial charge is 0.241 e. The molecule has 1 aromatic rings. The van der Waals surface area contributed by atoms with E-state index in [2.05, 4.69) is 11.6 Å². The zero-order valence-corrected chi connectivity index (χ0v) is 16.9. The molecule has 0 saturated heterocycles. The zero-order chi connectivity index (χ0) is 18.0. The molecular weight excluding hydrogens is 354 g/mol. The van der Waals surface area contributed by atoms with Gasteiger partial charge in [-0.2, -0.15) is 0 Å². The van der Waals surface area contributed by atoms with Gasteiger partial charge in [-0.15, -0.1) is 0 Å². The average Bonchev–Trinajstić information content (AvgIpc) is 2.49. The summed E-state index contributed by atoms with van der Waals surface area (Å²) in [4.78, 5) is 0.367. The van der Waals surface area contributed by atoms with E-state index in [0.717, 1.165) is 23.3 Å². The first-order valence-electron chi connectivity index (χ1n) is 9.47. The van der Waals surface area contributed by atoms with Crippen molar-refractivity contribution in [3.05, 3.63) is 28.3 Å². The normalized spacial score (nSPS) is 35.1. The fourth-order valence-electron chi connectivity index (χ4n) is 6.17. The Morgan fingerprint density at radius 3 is 2.08 bits per heavy atom. The molecule has 1 aromatic carbocycles. The molecule has 1 N–H and O–H groups in total. The summed E-state index contributed by atoms with van der Waals surface area (Å²) in [5.74, 6) is 2.45. The lowest BCUT2D eigenvalue weighted by Gasteiger charge is -2.59. The SMILES string of the molecule is Cc1cc(S(=O)(=O)NC(C)C23CC4CC(CC(C4)C2)C3)c(C)cc1Cl. The summed E-state index contributed by atoms with van der Waals surface area (Å²) < 4.78 is 29.2. The van der Waals surface area contributed by atoms with E-state index in [4.69, 9.17) is 11.6 Å². The van der Waals surface area contributed by atoms with Crippen LogP contribution in [-0.2, 0) is 10.0 Å². The second kappa shape index (κ2) is 5.97. The smallest absolute Gasteiger partial charge is 0.208 e. The van der Waals surface area contributed by atoms with E-state index >= 15 is 0 Å². The third-order valence-electron chi connectivity index (χ3n) is 7.08. The summed E-state index contributed by atoms with van der Waals surface area (Å²) in [7, 11) is -3.53. The van der Waals surface area contributed by atoms with E-state index in [-0.39, 0.29) is 11.5 Å². The summed E-state index contributed by atoms with van der Waals surface area (Å²) in [5, 5.41) is 0.616. The molecule has 1 atom stereocenters. The van der Waals surface area contributed by atoms with E-state index in [1.807, 2.05) is 13.8 Å². The lowest BCUT2D eigenvalue weighted by molar-refractivity contribution is -0.0666. The third kappa shape index (κ3) is 3.04. The highest BCUT2D eigenvalue weighted by Gasteiger charge is 2.53. The maximum absolute atomic E-state index is 13.1. The Kier molecular flexibility index (Phi) is 4.25. The van der Waals surface area contributed by atoms with Crippen LogP contribution in [0.3, 0.4) is 0 Å².